The molecule has 21 heavy (non-hydrogen) atoms. The molecule has 1 heterocycles. The smallest absolute Gasteiger partial charge is 0.241 e. The summed E-state index contributed by atoms with van der Waals surface area (Å²) in [6.45, 7) is 1.98. The van der Waals surface area contributed by atoms with Gasteiger partial charge in [-0.05, 0) is 13.0 Å². The van der Waals surface area contributed by atoms with Gasteiger partial charge >= 0.3 is 0 Å². The van der Waals surface area contributed by atoms with Gasteiger partial charge in [0.05, 0.1) is 19.1 Å². The van der Waals surface area contributed by atoms with E-state index in [2.05, 4.69) is 10.0 Å². The van der Waals surface area contributed by atoms with Gasteiger partial charge in [-0.1, -0.05) is 11.6 Å². The molecule has 0 amide bonds. The van der Waals surface area contributed by atoms with Gasteiger partial charge in [0, 0.05) is 31.3 Å². The maximum Gasteiger partial charge on any atom is 0.241 e. The van der Waals surface area contributed by atoms with Crippen LogP contribution >= 0.6 is 0 Å². The molecule has 116 valence electrons. The van der Waals surface area contributed by atoms with E-state index < -0.39 is 10.0 Å². The van der Waals surface area contributed by atoms with Crippen LogP contribution in [-0.4, -0.2) is 42.3 Å². The predicted molar refractivity (Wildman–Crippen MR) is 80.3 cm³/mol. The van der Waals surface area contributed by atoms with E-state index in [-0.39, 0.29) is 4.90 Å². The molecular formula is C14H20N2O4S. The van der Waals surface area contributed by atoms with Crippen LogP contribution < -0.4 is 19.5 Å². The Hall–Kier alpha value is -1.57. The van der Waals surface area contributed by atoms with E-state index in [1.165, 1.54) is 26.4 Å². The number of methoxy groups -OCH3 is 2. The van der Waals surface area contributed by atoms with Gasteiger partial charge < -0.3 is 14.8 Å². The third-order valence-corrected chi connectivity index (χ3v) is 4.66. The highest BCUT2D eigenvalue weighted by Crippen LogP contribution is 2.25. The van der Waals surface area contributed by atoms with Crippen LogP contribution in [0.15, 0.2) is 34.7 Å². The first-order valence-electron chi connectivity index (χ1n) is 6.66. The van der Waals surface area contributed by atoms with Gasteiger partial charge in [0.25, 0.3) is 0 Å². The Morgan fingerprint density at radius 1 is 1.19 bits per heavy atom. The van der Waals surface area contributed by atoms with Crippen molar-refractivity contribution < 1.29 is 17.9 Å². The lowest BCUT2D eigenvalue weighted by Crippen LogP contribution is -2.29. The Labute approximate surface area is 125 Å². The zero-order valence-electron chi connectivity index (χ0n) is 12.2. The van der Waals surface area contributed by atoms with E-state index in [9.17, 15) is 8.42 Å². The number of sulfonamides is 1. The summed E-state index contributed by atoms with van der Waals surface area (Å²) in [5.74, 6) is 0.881. The van der Waals surface area contributed by atoms with Crippen LogP contribution in [0.1, 0.15) is 6.42 Å². The highest BCUT2D eigenvalue weighted by Gasteiger charge is 2.17. The van der Waals surface area contributed by atoms with Crippen molar-refractivity contribution >= 4 is 10.0 Å². The second-order valence-electron chi connectivity index (χ2n) is 4.69. The fourth-order valence-corrected chi connectivity index (χ4v) is 3.12. The van der Waals surface area contributed by atoms with E-state index in [1.807, 2.05) is 6.08 Å². The second kappa shape index (κ2) is 6.93. The van der Waals surface area contributed by atoms with Crippen LogP contribution in [0, 0.1) is 0 Å². The van der Waals surface area contributed by atoms with E-state index in [1.54, 1.807) is 6.07 Å². The molecule has 2 rings (SSSR count). The van der Waals surface area contributed by atoms with Gasteiger partial charge in [0.15, 0.2) is 0 Å². The van der Waals surface area contributed by atoms with Crippen molar-refractivity contribution in [2.24, 2.45) is 0 Å². The Morgan fingerprint density at radius 2 is 1.86 bits per heavy atom. The molecule has 1 aliphatic heterocycles. The molecule has 1 aromatic rings. The largest absolute Gasteiger partial charge is 0.497 e. The molecule has 0 aromatic heterocycles. The van der Waals surface area contributed by atoms with Crippen molar-refractivity contribution in [3.05, 3.63) is 29.8 Å². The van der Waals surface area contributed by atoms with Gasteiger partial charge in [-0.25, -0.2) is 13.1 Å². The average molecular weight is 312 g/mol. The van der Waals surface area contributed by atoms with Crippen molar-refractivity contribution in [2.75, 3.05) is 33.9 Å². The van der Waals surface area contributed by atoms with Crippen molar-refractivity contribution in [1.29, 1.82) is 0 Å². The van der Waals surface area contributed by atoms with Crippen LogP contribution in [-0.2, 0) is 10.0 Å². The maximum absolute atomic E-state index is 12.3. The van der Waals surface area contributed by atoms with Crippen molar-refractivity contribution in [2.45, 2.75) is 11.3 Å². The number of hydrogen-bond donors (Lipinski definition) is 2. The van der Waals surface area contributed by atoms with Crippen molar-refractivity contribution in [3.63, 3.8) is 0 Å². The lowest BCUT2D eigenvalue weighted by Gasteiger charge is -2.15. The molecule has 0 spiro atoms. The standard InChI is InChI=1S/C14H20N2O4S/c1-19-12-7-13(20-2)9-14(8-12)21(17,18)16-10-11-3-5-15-6-4-11/h3,7-9,15-16H,4-6,10H2,1-2H3. The molecule has 7 heteroatoms. The fraction of sp³-hybridized carbons (Fsp3) is 0.429. The molecule has 0 bridgehead atoms. The fourth-order valence-electron chi connectivity index (χ4n) is 2.04. The summed E-state index contributed by atoms with van der Waals surface area (Å²) in [6, 6.07) is 4.58. The molecule has 0 fully saturated rings. The number of hydrogen-bond acceptors (Lipinski definition) is 5. The van der Waals surface area contributed by atoms with E-state index >= 15 is 0 Å². The predicted octanol–water partition coefficient (Wildman–Crippen LogP) is 0.902. The number of rotatable bonds is 6. The summed E-state index contributed by atoms with van der Waals surface area (Å²) in [5.41, 5.74) is 1.09. The van der Waals surface area contributed by atoms with Gasteiger partial charge in [-0.2, -0.15) is 0 Å². The summed E-state index contributed by atoms with van der Waals surface area (Å²) in [6.07, 6.45) is 2.86. The molecule has 0 aliphatic carbocycles. The highest BCUT2D eigenvalue weighted by molar-refractivity contribution is 7.89. The molecule has 1 aromatic carbocycles. The minimum Gasteiger partial charge on any atom is -0.497 e. The summed E-state index contributed by atoms with van der Waals surface area (Å²) in [5, 5.41) is 3.19. The van der Waals surface area contributed by atoms with Crippen LogP contribution in [0.25, 0.3) is 0 Å². The molecule has 0 saturated heterocycles. The summed E-state index contributed by atoms with van der Waals surface area (Å²) in [7, 11) is -0.627. The third kappa shape index (κ3) is 4.20. The lowest BCUT2D eigenvalue weighted by molar-refractivity contribution is 0.392. The normalized spacial score (nSPS) is 15.4. The summed E-state index contributed by atoms with van der Waals surface area (Å²) in [4.78, 5) is 0.133. The maximum atomic E-state index is 12.3. The van der Waals surface area contributed by atoms with Crippen LogP contribution in [0.4, 0.5) is 0 Å². The first kappa shape index (κ1) is 15.8. The molecule has 6 nitrogen and oxygen atoms in total. The number of nitrogens with one attached hydrogen (secondary N) is 2. The van der Waals surface area contributed by atoms with Gasteiger partial charge in [0.2, 0.25) is 10.0 Å². The first-order valence-corrected chi connectivity index (χ1v) is 8.15. The molecule has 1 aliphatic rings. The van der Waals surface area contributed by atoms with Crippen LogP contribution in [0.5, 0.6) is 11.5 Å². The first-order chi connectivity index (χ1) is 10.0. The average Bonchev–Trinajstić information content (AvgIpc) is 2.53. The monoisotopic (exact) mass is 312 g/mol. The molecular weight excluding hydrogens is 292 g/mol. The summed E-state index contributed by atoms with van der Waals surface area (Å²) >= 11 is 0. The lowest BCUT2D eigenvalue weighted by atomic mass is 10.1. The van der Waals surface area contributed by atoms with Crippen molar-refractivity contribution in [1.82, 2.24) is 10.0 Å². The van der Waals surface area contributed by atoms with E-state index in [4.69, 9.17) is 9.47 Å². The van der Waals surface area contributed by atoms with E-state index in [0.717, 1.165) is 25.1 Å². The Bertz CT molecular complexity index is 604. The molecule has 0 saturated carbocycles. The SMILES string of the molecule is COc1cc(OC)cc(S(=O)(=O)NCC2=CCNCC2)c1. The topological polar surface area (TPSA) is 76.7 Å². The van der Waals surface area contributed by atoms with Crippen LogP contribution in [0.3, 0.4) is 0 Å². The Morgan fingerprint density at radius 3 is 2.38 bits per heavy atom. The van der Waals surface area contributed by atoms with Gasteiger partial charge in [-0.3, -0.25) is 0 Å². The quantitative estimate of drug-likeness (QED) is 0.763. The molecule has 0 radical (unpaired) electrons. The molecule has 0 unspecified atom stereocenters. The Balaban J connectivity index is 2.16. The highest BCUT2D eigenvalue weighted by atomic mass is 32.2. The summed E-state index contributed by atoms with van der Waals surface area (Å²) < 4.78 is 37.5. The van der Waals surface area contributed by atoms with E-state index in [0.29, 0.717) is 18.0 Å². The van der Waals surface area contributed by atoms with Crippen LogP contribution in [0.2, 0.25) is 0 Å². The molecule has 0 atom stereocenters. The number of benzene rings is 1. The van der Waals surface area contributed by atoms with Gasteiger partial charge in [-0.15, -0.1) is 0 Å². The zero-order valence-corrected chi connectivity index (χ0v) is 13.0. The third-order valence-electron chi connectivity index (χ3n) is 3.28. The second-order valence-corrected chi connectivity index (χ2v) is 6.46. The van der Waals surface area contributed by atoms with Gasteiger partial charge in [0.1, 0.15) is 11.5 Å². The van der Waals surface area contributed by atoms with Crippen molar-refractivity contribution in [3.8, 4) is 11.5 Å². The minimum absolute atomic E-state index is 0.133. The molecule has 2 N–H and O–H groups in total. The number of ether oxygens (including phenoxy) is 2. The Kier molecular flexibility index (Phi) is 5.22. The zero-order chi connectivity index (χ0) is 15.3. The minimum atomic E-state index is -3.60.